The highest BCUT2D eigenvalue weighted by Gasteiger charge is 2.34. The van der Waals surface area contributed by atoms with Gasteiger partial charge in [0.15, 0.2) is 11.5 Å². The third kappa shape index (κ3) is 13.1. The average Bonchev–Trinajstić information content (AvgIpc) is 3.00. The zero-order valence-electron chi connectivity index (χ0n) is 29.0. The van der Waals surface area contributed by atoms with E-state index in [-0.39, 0.29) is 47.9 Å². The first-order valence-corrected chi connectivity index (χ1v) is 16.8. The van der Waals surface area contributed by atoms with Crippen molar-refractivity contribution < 1.29 is 33.6 Å². The van der Waals surface area contributed by atoms with Crippen LogP contribution in [0.2, 0.25) is 0 Å². The van der Waals surface area contributed by atoms with Crippen molar-refractivity contribution in [3.63, 3.8) is 0 Å². The highest BCUT2D eigenvalue weighted by molar-refractivity contribution is 5.82. The van der Waals surface area contributed by atoms with Crippen molar-refractivity contribution in [1.82, 2.24) is 10.6 Å². The zero-order valence-corrected chi connectivity index (χ0v) is 29.0. The molecule has 1 aromatic carbocycles. The number of carbonyl (C=O) groups excluding carboxylic acids is 2. The van der Waals surface area contributed by atoms with Gasteiger partial charge in [0.05, 0.1) is 31.9 Å². The van der Waals surface area contributed by atoms with Crippen LogP contribution in [-0.4, -0.2) is 81.8 Å². The second-order valence-corrected chi connectivity index (χ2v) is 13.6. The number of aliphatic hydroxyl groups excluding tert-OH is 1. The quantitative estimate of drug-likeness (QED) is 0.157. The summed E-state index contributed by atoms with van der Waals surface area (Å²) in [5.41, 5.74) is 7.30. The van der Waals surface area contributed by atoms with Gasteiger partial charge in [0.2, 0.25) is 11.8 Å². The van der Waals surface area contributed by atoms with Crippen LogP contribution in [0, 0.1) is 29.6 Å². The van der Waals surface area contributed by atoms with E-state index in [2.05, 4.69) is 24.5 Å². The number of rotatable bonds is 20. The minimum absolute atomic E-state index is 0.0104. The van der Waals surface area contributed by atoms with Gasteiger partial charge in [-0.3, -0.25) is 9.59 Å². The Morgan fingerprint density at radius 3 is 2.22 bits per heavy atom. The molecule has 5 N–H and O–H groups in total. The van der Waals surface area contributed by atoms with E-state index in [0.717, 1.165) is 24.8 Å². The Bertz CT molecular complexity index is 1010. The van der Waals surface area contributed by atoms with Crippen molar-refractivity contribution in [2.24, 2.45) is 35.3 Å². The summed E-state index contributed by atoms with van der Waals surface area (Å²) in [6.07, 6.45) is 2.87. The SMILES string of the molecule is COCCCOc1cc(C[C@@H](C[C@H](NC(=O)[C@@H](N)C(C)C)[C@@H](O)C[C@H](C(=O)NC2CCOCC2)C(C)C)C(C)C)ccc1OC. The zero-order chi connectivity index (χ0) is 33.5. The molecule has 1 saturated heterocycles. The average molecular weight is 636 g/mol. The van der Waals surface area contributed by atoms with Crippen LogP contribution < -0.4 is 25.8 Å². The minimum atomic E-state index is -0.932. The summed E-state index contributed by atoms with van der Waals surface area (Å²) >= 11 is 0. The van der Waals surface area contributed by atoms with Crippen LogP contribution in [0.25, 0.3) is 0 Å². The Morgan fingerprint density at radius 1 is 0.956 bits per heavy atom. The molecule has 258 valence electrons. The smallest absolute Gasteiger partial charge is 0.237 e. The van der Waals surface area contributed by atoms with Gasteiger partial charge in [-0.2, -0.15) is 0 Å². The molecule has 0 spiro atoms. The molecule has 45 heavy (non-hydrogen) atoms. The van der Waals surface area contributed by atoms with Gasteiger partial charge < -0.3 is 40.4 Å². The Kier molecular flexibility index (Phi) is 17.2. The second kappa shape index (κ2) is 20.0. The molecule has 0 aromatic heterocycles. The molecule has 1 fully saturated rings. The van der Waals surface area contributed by atoms with Gasteiger partial charge in [-0.1, -0.05) is 47.6 Å². The van der Waals surface area contributed by atoms with Crippen LogP contribution in [0.4, 0.5) is 0 Å². The standard InChI is InChI=1S/C35H61N3O7/c1-22(2)26(18-25-10-11-31(43-8)32(19-25)45-15-9-14-42-7)20-29(38-35(41)33(36)24(5)6)30(39)21-28(23(3)4)34(40)37-27-12-16-44-17-13-27/h10-11,19,22-24,26-30,33,39H,9,12-18,20-21,36H2,1-8H3,(H,37,40)(H,38,41)/t26-,28-,29-,30-,33-/m0/s1. The molecule has 0 saturated carbocycles. The van der Waals surface area contributed by atoms with Crippen LogP contribution >= 0.6 is 0 Å². The predicted molar refractivity (Wildman–Crippen MR) is 177 cm³/mol. The molecule has 2 amide bonds. The topological polar surface area (TPSA) is 141 Å². The van der Waals surface area contributed by atoms with Crippen LogP contribution in [0.5, 0.6) is 11.5 Å². The van der Waals surface area contributed by atoms with Crippen LogP contribution in [0.15, 0.2) is 18.2 Å². The molecular formula is C35H61N3O7. The van der Waals surface area contributed by atoms with Gasteiger partial charge >= 0.3 is 0 Å². The third-order valence-electron chi connectivity index (χ3n) is 8.99. The first-order chi connectivity index (χ1) is 21.4. The number of hydrogen-bond donors (Lipinski definition) is 4. The van der Waals surface area contributed by atoms with Crippen molar-refractivity contribution in [2.45, 2.75) is 104 Å². The summed E-state index contributed by atoms with van der Waals surface area (Å²) in [5.74, 6) is 0.908. The monoisotopic (exact) mass is 635 g/mol. The van der Waals surface area contributed by atoms with E-state index in [1.54, 1.807) is 14.2 Å². The van der Waals surface area contributed by atoms with E-state index in [9.17, 15) is 14.7 Å². The first kappa shape index (κ1) is 38.8. The molecule has 1 aliphatic heterocycles. The first-order valence-electron chi connectivity index (χ1n) is 16.8. The van der Waals surface area contributed by atoms with Gasteiger partial charge in [-0.25, -0.2) is 0 Å². The molecule has 1 heterocycles. The predicted octanol–water partition coefficient (Wildman–Crippen LogP) is 4.10. The van der Waals surface area contributed by atoms with Gasteiger partial charge in [-0.15, -0.1) is 0 Å². The lowest BCUT2D eigenvalue weighted by molar-refractivity contribution is -0.129. The highest BCUT2D eigenvalue weighted by atomic mass is 16.5. The van der Waals surface area contributed by atoms with Gasteiger partial charge in [0, 0.05) is 45.3 Å². The largest absolute Gasteiger partial charge is 0.493 e. The number of benzene rings is 1. The molecule has 0 unspecified atom stereocenters. The summed E-state index contributed by atoms with van der Waals surface area (Å²) in [7, 11) is 3.29. The number of methoxy groups -OCH3 is 2. The molecule has 10 heteroatoms. The van der Waals surface area contributed by atoms with E-state index < -0.39 is 24.1 Å². The number of nitrogens with one attached hydrogen (secondary N) is 2. The van der Waals surface area contributed by atoms with E-state index >= 15 is 0 Å². The lowest BCUT2D eigenvalue weighted by Gasteiger charge is -2.34. The highest BCUT2D eigenvalue weighted by Crippen LogP contribution is 2.32. The molecule has 0 aliphatic carbocycles. The maximum Gasteiger partial charge on any atom is 0.237 e. The Morgan fingerprint density at radius 2 is 1.64 bits per heavy atom. The Labute approximate surface area is 271 Å². The Balaban J connectivity index is 2.27. The van der Waals surface area contributed by atoms with Crippen molar-refractivity contribution in [1.29, 1.82) is 0 Å². The Hall–Kier alpha value is -2.40. The van der Waals surface area contributed by atoms with Crippen LogP contribution in [0.1, 0.15) is 79.2 Å². The fourth-order valence-corrected chi connectivity index (χ4v) is 5.72. The summed E-state index contributed by atoms with van der Waals surface area (Å²) < 4.78 is 22.1. The number of aliphatic hydroxyl groups is 1. The minimum Gasteiger partial charge on any atom is -0.493 e. The number of amides is 2. The maximum absolute atomic E-state index is 13.4. The van der Waals surface area contributed by atoms with E-state index in [1.165, 1.54) is 0 Å². The van der Waals surface area contributed by atoms with E-state index in [0.29, 0.717) is 50.8 Å². The van der Waals surface area contributed by atoms with Crippen LogP contribution in [0.3, 0.4) is 0 Å². The molecule has 0 radical (unpaired) electrons. The second-order valence-electron chi connectivity index (χ2n) is 13.6. The van der Waals surface area contributed by atoms with E-state index in [4.69, 9.17) is 24.7 Å². The van der Waals surface area contributed by atoms with Crippen molar-refractivity contribution in [2.75, 3.05) is 40.6 Å². The molecule has 1 aromatic rings. The third-order valence-corrected chi connectivity index (χ3v) is 8.99. The van der Waals surface area contributed by atoms with Crippen molar-refractivity contribution in [3.05, 3.63) is 23.8 Å². The molecule has 0 bridgehead atoms. The van der Waals surface area contributed by atoms with Gasteiger partial charge in [-0.05, 0) is 73.5 Å². The van der Waals surface area contributed by atoms with Crippen molar-refractivity contribution >= 4 is 11.8 Å². The fraction of sp³-hybridized carbons (Fsp3) is 0.771. The summed E-state index contributed by atoms with van der Waals surface area (Å²) in [5, 5.41) is 18.0. The molecule has 5 atom stereocenters. The summed E-state index contributed by atoms with van der Waals surface area (Å²) in [4.78, 5) is 26.6. The summed E-state index contributed by atoms with van der Waals surface area (Å²) in [6.45, 7) is 14.5. The fourth-order valence-electron chi connectivity index (χ4n) is 5.72. The number of hydrogen-bond acceptors (Lipinski definition) is 8. The lowest BCUT2D eigenvalue weighted by atomic mass is 9.80. The molecular weight excluding hydrogens is 574 g/mol. The molecule has 1 aliphatic rings. The van der Waals surface area contributed by atoms with Crippen LogP contribution in [-0.2, 0) is 25.5 Å². The number of nitrogens with two attached hydrogens (primary N) is 1. The number of carbonyl (C=O) groups is 2. The van der Waals surface area contributed by atoms with Crippen molar-refractivity contribution in [3.8, 4) is 11.5 Å². The normalized spacial score (nSPS) is 17.5. The maximum atomic E-state index is 13.4. The van der Waals surface area contributed by atoms with Gasteiger partial charge in [0.1, 0.15) is 0 Å². The van der Waals surface area contributed by atoms with E-state index in [1.807, 2.05) is 45.9 Å². The lowest BCUT2D eigenvalue weighted by Crippen LogP contribution is -2.53. The molecule has 2 rings (SSSR count). The van der Waals surface area contributed by atoms with Gasteiger partial charge in [0.25, 0.3) is 0 Å². The molecule has 10 nitrogen and oxygen atoms in total. The summed E-state index contributed by atoms with van der Waals surface area (Å²) in [6, 6.07) is 4.76. The number of ether oxygens (including phenoxy) is 4.